The third-order valence-electron chi connectivity index (χ3n) is 6.68. The number of ether oxygens (including phenoxy) is 2. The molecule has 1 saturated carbocycles. The van der Waals surface area contributed by atoms with Crippen LogP contribution >= 0.6 is 11.3 Å². The molecule has 1 aliphatic carbocycles. The van der Waals surface area contributed by atoms with Gasteiger partial charge in [-0.25, -0.2) is 9.37 Å². The summed E-state index contributed by atoms with van der Waals surface area (Å²) < 4.78 is 24.6. The zero-order chi connectivity index (χ0) is 24.5. The van der Waals surface area contributed by atoms with Gasteiger partial charge in [-0.05, 0) is 48.9 Å². The summed E-state index contributed by atoms with van der Waals surface area (Å²) in [7, 11) is 3.27. The van der Waals surface area contributed by atoms with Crippen LogP contribution in [0.5, 0.6) is 11.5 Å². The predicted molar refractivity (Wildman–Crippen MR) is 136 cm³/mol. The molecular formula is C28H31FN2O2S. The molecule has 1 fully saturated rings. The summed E-state index contributed by atoms with van der Waals surface area (Å²) in [5.74, 6) is 4.75. The van der Waals surface area contributed by atoms with E-state index in [4.69, 9.17) is 26.6 Å². The molecule has 2 N–H and O–H groups in total. The van der Waals surface area contributed by atoms with Crippen molar-refractivity contribution in [3.8, 4) is 35.1 Å². The van der Waals surface area contributed by atoms with Crippen molar-refractivity contribution in [1.82, 2.24) is 4.98 Å². The van der Waals surface area contributed by atoms with Crippen LogP contribution in [-0.2, 0) is 12.2 Å². The quantitative estimate of drug-likeness (QED) is 0.368. The van der Waals surface area contributed by atoms with E-state index < -0.39 is 12.2 Å². The Balaban J connectivity index is 1.81. The lowest BCUT2D eigenvalue weighted by molar-refractivity contribution is 0.393. The standard InChI is InChI=1S/C28H31FN2O2S/c1-6-28(30,23(14-19-10-11-19)21-9-7-8-20(13-21)16-29)27-31-26(18(3)34-27)22-12-17(2)24(32-4)15-25(22)33-5/h1,7-9,12-13,15,19,23H,10-11,14,16,30H2,2-5H3/t23-,28?/m0/s1. The van der Waals surface area contributed by atoms with Gasteiger partial charge in [0.1, 0.15) is 28.7 Å². The molecule has 0 bridgehead atoms. The molecule has 1 aromatic heterocycles. The monoisotopic (exact) mass is 478 g/mol. The number of alkyl halides is 1. The van der Waals surface area contributed by atoms with Gasteiger partial charge in [0.05, 0.1) is 19.9 Å². The molecule has 2 atom stereocenters. The fraction of sp³-hybridized carbons (Fsp3) is 0.393. The average molecular weight is 479 g/mol. The van der Waals surface area contributed by atoms with E-state index in [0.717, 1.165) is 39.4 Å². The lowest BCUT2D eigenvalue weighted by Gasteiger charge is -2.32. The fourth-order valence-electron chi connectivity index (χ4n) is 4.54. The molecule has 0 aliphatic heterocycles. The third-order valence-corrected chi connectivity index (χ3v) is 7.81. The zero-order valence-electron chi connectivity index (χ0n) is 20.2. The van der Waals surface area contributed by atoms with Crippen LogP contribution in [0.4, 0.5) is 4.39 Å². The van der Waals surface area contributed by atoms with Crippen molar-refractivity contribution in [3.63, 3.8) is 0 Å². The number of methoxy groups -OCH3 is 2. The highest BCUT2D eigenvalue weighted by Gasteiger charge is 2.42. The summed E-state index contributed by atoms with van der Waals surface area (Å²) in [6.07, 6.45) is 9.34. The second kappa shape index (κ2) is 9.77. The molecule has 4 nitrogen and oxygen atoms in total. The van der Waals surface area contributed by atoms with Crippen LogP contribution in [0.1, 0.15) is 51.8 Å². The number of nitrogens with zero attached hydrogens (tertiary/aromatic N) is 1. The van der Waals surface area contributed by atoms with Crippen molar-refractivity contribution in [1.29, 1.82) is 0 Å². The second-order valence-corrected chi connectivity index (χ2v) is 10.3. The first-order valence-electron chi connectivity index (χ1n) is 11.5. The smallest absolute Gasteiger partial charge is 0.136 e. The number of halogens is 1. The Labute approximate surface area is 205 Å². The Morgan fingerprint density at radius 2 is 1.94 bits per heavy atom. The van der Waals surface area contributed by atoms with E-state index in [9.17, 15) is 4.39 Å². The van der Waals surface area contributed by atoms with Gasteiger partial charge < -0.3 is 15.2 Å². The van der Waals surface area contributed by atoms with Crippen LogP contribution in [0.2, 0.25) is 0 Å². The summed E-state index contributed by atoms with van der Waals surface area (Å²) in [4.78, 5) is 6.01. The normalized spacial score (nSPS) is 15.9. The Morgan fingerprint density at radius 3 is 2.56 bits per heavy atom. The van der Waals surface area contributed by atoms with Crippen LogP contribution in [-0.4, -0.2) is 19.2 Å². The Morgan fingerprint density at radius 1 is 1.21 bits per heavy atom. The number of aryl methyl sites for hydroxylation is 2. The minimum atomic E-state index is -1.11. The molecule has 0 amide bonds. The van der Waals surface area contributed by atoms with Crippen molar-refractivity contribution >= 4 is 11.3 Å². The molecule has 4 rings (SSSR count). The van der Waals surface area contributed by atoms with E-state index in [1.807, 2.05) is 44.2 Å². The molecule has 178 valence electrons. The van der Waals surface area contributed by atoms with E-state index in [1.165, 1.54) is 24.2 Å². The second-order valence-electron chi connectivity index (χ2n) is 9.07. The van der Waals surface area contributed by atoms with E-state index in [-0.39, 0.29) is 5.92 Å². The minimum absolute atomic E-state index is 0.158. The van der Waals surface area contributed by atoms with Gasteiger partial charge in [-0.3, -0.25) is 0 Å². The molecule has 0 spiro atoms. The van der Waals surface area contributed by atoms with Crippen LogP contribution in [0.15, 0.2) is 36.4 Å². The number of benzene rings is 2. The summed E-state index contributed by atoms with van der Waals surface area (Å²) in [5, 5.41) is 0.689. The van der Waals surface area contributed by atoms with Gasteiger partial charge in [-0.15, -0.1) is 17.8 Å². The number of terminal acetylenes is 1. The molecule has 1 unspecified atom stereocenters. The molecule has 34 heavy (non-hydrogen) atoms. The number of hydrogen-bond donors (Lipinski definition) is 1. The number of hydrogen-bond acceptors (Lipinski definition) is 5. The van der Waals surface area contributed by atoms with E-state index >= 15 is 0 Å². The van der Waals surface area contributed by atoms with Gasteiger partial charge in [0, 0.05) is 22.4 Å². The molecule has 0 saturated heterocycles. The largest absolute Gasteiger partial charge is 0.496 e. The summed E-state index contributed by atoms with van der Waals surface area (Å²) >= 11 is 1.52. The molecule has 2 aromatic carbocycles. The molecule has 3 aromatic rings. The molecule has 1 heterocycles. The third kappa shape index (κ3) is 4.55. The van der Waals surface area contributed by atoms with Gasteiger partial charge >= 0.3 is 0 Å². The van der Waals surface area contributed by atoms with Crippen LogP contribution < -0.4 is 15.2 Å². The summed E-state index contributed by atoms with van der Waals surface area (Å²) in [6.45, 7) is 3.49. The molecule has 6 heteroatoms. The van der Waals surface area contributed by atoms with Crippen LogP contribution in [0.25, 0.3) is 11.3 Å². The molecular weight excluding hydrogens is 447 g/mol. The Hall–Kier alpha value is -2.88. The number of nitrogens with two attached hydrogens (primary N) is 1. The topological polar surface area (TPSA) is 57.4 Å². The van der Waals surface area contributed by atoms with Crippen LogP contribution in [0.3, 0.4) is 0 Å². The lowest BCUT2D eigenvalue weighted by Crippen LogP contribution is -2.42. The maximum atomic E-state index is 13.4. The van der Waals surface area contributed by atoms with Gasteiger partial charge in [0.25, 0.3) is 0 Å². The first kappa shape index (κ1) is 24.3. The van der Waals surface area contributed by atoms with E-state index in [1.54, 1.807) is 20.3 Å². The highest BCUT2D eigenvalue weighted by molar-refractivity contribution is 7.12. The zero-order valence-corrected chi connectivity index (χ0v) is 21.0. The van der Waals surface area contributed by atoms with Gasteiger partial charge in [-0.1, -0.05) is 43.0 Å². The van der Waals surface area contributed by atoms with Crippen molar-refractivity contribution < 1.29 is 13.9 Å². The van der Waals surface area contributed by atoms with Crippen molar-refractivity contribution in [2.45, 2.75) is 51.2 Å². The average Bonchev–Trinajstić information content (AvgIpc) is 3.60. The highest BCUT2D eigenvalue weighted by Crippen LogP contribution is 2.48. The van der Waals surface area contributed by atoms with Crippen LogP contribution in [0, 0.1) is 32.1 Å². The molecule has 1 aliphatic rings. The fourth-order valence-corrected chi connectivity index (χ4v) is 5.59. The highest BCUT2D eigenvalue weighted by atomic mass is 32.1. The van der Waals surface area contributed by atoms with Gasteiger partial charge in [0.15, 0.2) is 0 Å². The maximum absolute atomic E-state index is 13.4. The first-order chi connectivity index (χ1) is 16.3. The van der Waals surface area contributed by atoms with E-state index in [0.29, 0.717) is 22.2 Å². The van der Waals surface area contributed by atoms with Crippen molar-refractivity contribution in [2.24, 2.45) is 11.7 Å². The van der Waals surface area contributed by atoms with Crippen molar-refractivity contribution in [2.75, 3.05) is 14.2 Å². The molecule has 0 radical (unpaired) electrons. The lowest BCUT2D eigenvalue weighted by atomic mass is 9.77. The summed E-state index contributed by atoms with van der Waals surface area (Å²) in [5.41, 5.74) is 10.2. The number of aromatic nitrogens is 1. The van der Waals surface area contributed by atoms with Gasteiger partial charge in [0.2, 0.25) is 0 Å². The maximum Gasteiger partial charge on any atom is 0.136 e. The number of thiazole rings is 1. The summed E-state index contributed by atoms with van der Waals surface area (Å²) in [6, 6.07) is 11.5. The minimum Gasteiger partial charge on any atom is -0.496 e. The number of rotatable bonds is 9. The van der Waals surface area contributed by atoms with Crippen molar-refractivity contribution in [3.05, 3.63) is 63.0 Å². The first-order valence-corrected chi connectivity index (χ1v) is 12.3. The van der Waals surface area contributed by atoms with Gasteiger partial charge in [-0.2, -0.15) is 0 Å². The predicted octanol–water partition coefficient (Wildman–Crippen LogP) is 6.28. The SMILES string of the molecule is C#CC(N)(c1nc(-c2cc(C)c(OC)cc2OC)c(C)s1)[C@@H](CC1CC1)c1cccc(CF)c1. The van der Waals surface area contributed by atoms with E-state index in [2.05, 4.69) is 5.92 Å². The Bertz CT molecular complexity index is 1230. The Kier molecular flexibility index (Phi) is 6.97.